The average Bonchev–Trinajstić information content (AvgIpc) is 3.78. The number of rotatable bonds is 16. The van der Waals surface area contributed by atoms with Crippen LogP contribution >= 0.6 is 22.9 Å². The van der Waals surface area contributed by atoms with Crippen LogP contribution in [0.4, 0.5) is 14.3 Å². The van der Waals surface area contributed by atoms with Gasteiger partial charge in [-0.25, -0.2) is 19.0 Å². The standard InChI is InChI=1S/C38H48ClFN10O3S/c1-23(41)7-5-8-24-19-28(32(40)29(39)20-24)31-21-26-22-50(35(51)48-33(26)47-31)27-11-9-25(10-12-27)30(44-14-6-15-45-34(42)43)13-17-49(36-46-16-18-54-36)37(52)53-38(2,3)4/h9-12,16,18-23,30,44H,5-8,13-15,17,41H2,1-4H3,(H4,42,43,45)(H,47,48,51)/t23-,30-/m0/s1. The van der Waals surface area contributed by atoms with Crippen molar-refractivity contribution in [3.63, 3.8) is 0 Å². The molecule has 5 rings (SSSR count). The quantitative estimate of drug-likeness (QED) is 0.0426. The number of guanidine groups is 1. The summed E-state index contributed by atoms with van der Waals surface area (Å²) in [5, 5.41) is 6.56. The van der Waals surface area contributed by atoms with Gasteiger partial charge < -0.3 is 32.2 Å². The summed E-state index contributed by atoms with van der Waals surface area (Å²) < 4.78 is 22.4. The smallest absolute Gasteiger partial charge is 0.416 e. The summed E-state index contributed by atoms with van der Waals surface area (Å²) in [6, 6.07) is 12.6. The molecule has 54 heavy (non-hydrogen) atoms. The molecule has 0 aliphatic carbocycles. The van der Waals surface area contributed by atoms with E-state index in [-0.39, 0.29) is 23.1 Å². The largest absolute Gasteiger partial charge is 0.443 e. The van der Waals surface area contributed by atoms with Gasteiger partial charge in [-0.3, -0.25) is 14.5 Å². The molecule has 3 aromatic heterocycles. The molecule has 2 aromatic carbocycles. The van der Waals surface area contributed by atoms with Crippen molar-refractivity contribution < 1.29 is 13.9 Å². The zero-order chi connectivity index (χ0) is 39.0. The number of nitrogens with one attached hydrogen (secondary N) is 2. The van der Waals surface area contributed by atoms with E-state index < -0.39 is 23.2 Å². The van der Waals surface area contributed by atoms with Gasteiger partial charge in [0, 0.05) is 53.9 Å². The van der Waals surface area contributed by atoms with Crippen molar-refractivity contribution in [2.75, 3.05) is 24.5 Å². The van der Waals surface area contributed by atoms with Crippen molar-refractivity contribution in [1.29, 1.82) is 0 Å². The molecule has 0 radical (unpaired) electrons. The van der Waals surface area contributed by atoms with E-state index in [2.05, 4.69) is 25.3 Å². The Morgan fingerprint density at radius 3 is 2.59 bits per heavy atom. The van der Waals surface area contributed by atoms with E-state index in [1.807, 2.05) is 57.3 Å². The summed E-state index contributed by atoms with van der Waals surface area (Å²) in [4.78, 5) is 43.8. The normalized spacial score (nSPS) is 12.8. The number of benzene rings is 2. The number of halogens is 2. The maximum atomic E-state index is 15.3. The number of aromatic nitrogens is 4. The molecule has 13 nitrogen and oxygen atoms in total. The first-order valence-electron chi connectivity index (χ1n) is 17.8. The van der Waals surface area contributed by atoms with Crippen LogP contribution in [0.5, 0.6) is 0 Å². The van der Waals surface area contributed by atoms with Gasteiger partial charge in [0.15, 0.2) is 16.9 Å². The molecule has 1 amide bonds. The summed E-state index contributed by atoms with van der Waals surface area (Å²) >= 11 is 7.65. The third-order valence-electron chi connectivity index (χ3n) is 8.51. The van der Waals surface area contributed by atoms with Crippen LogP contribution in [0.15, 0.2) is 70.0 Å². The van der Waals surface area contributed by atoms with Crippen LogP contribution in [0.1, 0.15) is 70.5 Å². The van der Waals surface area contributed by atoms with Crippen molar-refractivity contribution in [1.82, 2.24) is 24.8 Å². The molecular formula is C38H48ClFN10O3S. The molecule has 16 heteroatoms. The van der Waals surface area contributed by atoms with Gasteiger partial charge in [0.05, 0.1) is 16.4 Å². The molecule has 0 aliphatic rings. The van der Waals surface area contributed by atoms with Crippen molar-refractivity contribution in [2.45, 2.75) is 77.5 Å². The Bertz CT molecular complexity index is 2110. The lowest BCUT2D eigenvalue weighted by Crippen LogP contribution is -2.39. The van der Waals surface area contributed by atoms with Crippen molar-refractivity contribution in [3.05, 3.63) is 92.7 Å². The second kappa shape index (κ2) is 18.0. The highest BCUT2D eigenvalue weighted by Gasteiger charge is 2.26. The number of ether oxygens (including phenoxy) is 1. The predicted molar refractivity (Wildman–Crippen MR) is 215 cm³/mol. The molecule has 0 saturated carbocycles. The molecule has 0 spiro atoms. The molecule has 8 N–H and O–H groups in total. The van der Waals surface area contributed by atoms with Crippen molar-refractivity contribution in [2.24, 2.45) is 22.2 Å². The van der Waals surface area contributed by atoms with E-state index in [0.29, 0.717) is 72.0 Å². The first kappa shape index (κ1) is 40.4. The number of amides is 1. The molecule has 5 aromatic rings. The van der Waals surface area contributed by atoms with Gasteiger partial charge >= 0.3 is 11.8 Å². The lowest BCUT2D eigenvalue weighted by molar-refractivity contribution is 0.0579. The van der Waals surface area contributed by atoms with Gasteiger partial charge in [-0.05, 0) is 108 Å². The SMILES string of the molecule is C[C@H](N)CCCc1cc(Cl)c(F)c(-c2cc3cn(-c4ccc([C@H](CCN(C(=O)OC(C)(C)C)c5nccs5)NCCCN=C(N)N)cc4)c(=O)nc3[nH]2)c1. The molecule has 3 heterocycles. The molecule has 0 bridgehead atoms. The Balaban J connectivity index is 1.39. The molecule has 2 atom stereocenters. The lowest BCUT2D eigenvalue weighted by atomic mass is 10.0. The topological polar surface area (TPSA) is 196 Å². The van der Waals surface area contributed by atoms with Crippen LogP contribution in [0.3, 0.4) is 0 Å². The Kier molecular flexibility index (Phi) is 13.5. The Hall–Kier alpha value is -4.83. The number of aliphatic imine (C=N–C) groups is 1. The van der Waals surface area contributed by atoms with Crippen LogP contribution in [-0.4, -0.2) is 62.8 Å². The van der Waals surface area contributed by atoms with Gasteiger partial charge in [-0.2, -0.15) is 4.98 Å². The number of hydrogen-bond donors (Lipinski definition) is 5. The number of carbonyl (C=O) groups is 1. The number of fused-ring (bicyclic) bond motifs is 1. The first-order valence-corrected chi connectivity index (χ1v) is 19.1. The maximum Gasteiger partial charge on any atom is 0.416 e. The third kappa shape index (κ3) is 10.9. The number of anilines is 1. The Morgan fingerprint density at radius 1 is 1.17 bits per heavy atom. The van der Waals surface area contributed by atoms with Gasteiger partial charge in [-0.1, -0.05) is 23.7 Å². The van der Waals surface area contributed by atoms with Crippen LogP contribution in [0, 0.1) is 5.82 Å². The van der Waals surface area contributed by atoms with Crippen LogP contribution in [0.25, 0.3) is 28.0 Å². The van der Waals surface area contributed by atoms with Crippen LogP contribution in [-0.2, 0) is 11.2 Å². The van der Waals surface area contributed by atoms with E-state index in [1.165, 1.54) is 15.9 Å². The number of aromatic amines is 1. The monoisotopic (exact) mass is 778 g/mol. The number of nitrogens with two attached hydrogens (primary N) is 3. The van der Waals surface area contributed by atoms with Gasteiger partial charge in [0.25, 0.3) is 0 Å². The fourth-order valence-electron chi connectivity index (χ4n) is 5.94. The fraction of sp³-hybridized carbons (Fsp3) is 0.395. The fourth-order valence-corrected chi connectivity index (χ4v) is 6.85. The number of H-pyrrole nitrogens is 1. The summed E-state index contributed by atoms with van der Waals surface area (Å²) in [7, 11) is 0. The highest BCUT2D eigenvalue weighted by molar-refractivity contribution is 7.13. The van der Waals surface area contributed by atoms with Crippen molar-refractivity contribution >= 4 is 51.2 Å². The first-order chi connectivity index (χ1) is 25.7. The number of nitrogens with zero attached hydrogens (tertiary/aromatic N) is 5. The number of aryl methyl sites for hydroxylation is 1. The average molecular weight is 779 g/mol. The van der Waals surface area contributed by atoms with E-state index in [0.717, 1.165) is 24.0 Å². The molecule has 0 fully saturated rings. The second-order valence-corrected chi connectivity index (χ2v) is 15.5. The maximum absolute atomic E-state index is 15.3. The van der Waals surface area contributed by atoms with Crippen molar-refractivity contribution in [3.8, 4) is 16.9 Å². The number of carbonyl (C=O) groups excluding carboxylic acids is 1. The number of hydrogen-bond acceptors (Lipinski definition) is 9. The van der Waals surface area contributed by atoms with Gasteiger partial charge in [0.2, 0.25) is 0 Å². The Morgan fingerprint density at radius 2 is 1.93 bits per heavy atom. The Labute approximate surface area is 322 Å². The van der Waals surface area contributed by atoms with Gasteiger partial charge in [-0.15, -0.1) is 11.3 Å². The minimum Gasteiger partial charge on any atom is -0.443 e. The second-order valence-electron chi connectivity index (χ2n) is 14.2. The molecule has 0 saturated heterocycles. The number of thiazole rings is 1. The molecular weight excluding hydrogens is 731 g/mol. The van der Waals surface area contributed by atoms with E-state index in [1.54, 1.807) is 35.5 Å². The minimum atomic E-state index is -0.679. The van der Waals surface area contributed by atoms with E-state index in [4.69, 9.17) is 33.5 Å². The summed E-state index contributed by atoms with van der Waals surface area (Å²) in [5.41, 5.74) is 19.2. The zero-order valence-electron chi connectivity index (χ0n) is 30.9. The summed E-state index contributed by atoms with van der Waals surface area (Å²) in [6.07, 6.45) is 6.44. The predicted octanol–water partition coefficient (Wildman–Crippen LogP) is 6.43. The molecule has 0 aliphatic heterocycles. The zero-order valence-corrected chi connectivity index (χ0v) is 32.5. The van der Waals surface area contributed by atoms with Gasteiger partial charge in [0.1, 0.15) is 11.2 Å². The summed E-state index contributed by atoms with van der Waals surface area (Å²) in [6.45, 7) is 8.81. The third-order valence-corrected chi connectivity index (χ3v) is 9.58. The molecule has 288 valence electrons. The van der Waals surface area contributed by atoms with E-state index >= 15 is 4.39 Å². The highest BCUT2D eigenvalue weighted by atomic mass is 35.5. The van der Waals surface area contributed by atoms with Crippen LogP contribution in [0.2, 0.25) is 5.02 Å². The van der Waals surface area contributed by atoms with Crippen LogP contribution < -0.4 is 33.1 Å². The van der Waals surface area contributed by atoms with E-state index in [9.17, 15) is 9.59 Å². The molecule has 0 unspecified atom stereocenters. The minimum absolute atomic E-state index is 0.0249. The summed E-state index contributed by atoms with van der Waals surface area (Å²) in [5.74, 6) is -0.517. The highest BCUT2D eigenvalue weighted by Crippen LogP contribution is 2.32. The lowest BCUT2D eigenvalue weighted by Gasteiger charge is -2.27.